The first-order chi connectivity index (χ1) is 16.8. The average Bonchev–Trinajstić information content (AvgIpc) is 3.13. The molecule has 1 atom stereocenters. The molecule has 0 amide bonds. The summed E-state index contributed by atoms with van der Waals surface area (Å²) >= 11 is 2.95. The second-order valence-corrected chi connectivity index (χ2v) is 10.2. The van der Waals surface area contributed by atoms with E-state index in [4.69, 9.17) is 9.47 Å². The molecule has 0 N–H and O–H groups in total. The molecule has 1 aliphatic heterocycles. The molecule has 182 valence electrons. The third-order valence-electron chi connectivity index (χ3n) is 5.50. The summed E-state index contributed by atoms with van der Waals surface area (Å²) in [7, 11) is 0. The Morgan fingerprint density at radius 1 is 1.17 bits per heavy atom. The summed E-state index contributed by atoms with van der Waals surface area (Å²) in [6.07, 6.45) is 3.57. The number of carbonyl (C=O) groups is 1. The monoisotopic (exact) mass is 508 g/mol. The fraction of sp³-hybridized carbons (Fsp3) is 0.296. The topological polar surface area (TPSA) is 69.9 Å². The molecule has 0 bridgehead atoms. The van der Waals surface area contributed by atoms with Gasteiger partial charge in [0.1, 0.15) is 5.75 Å². The van der Waals surface area contributed by atoms with E-state index >= 15 is 0 Å². The highest BCUT2D eigenvalue weighted by atomic mass is 32.2. The van der Waals surface area contributed by atoms with Crippen molar-refractivity contribution in [1.29, 1.82) is 0 Å². The van der Waals surface area contributed by atoms with Gasteiger partial charge in [0.25, 0.3) is 5.56 Å². The Bertz CT molecular complexity index is 1430. The average molecular weight is 509 g/mol. The number of nitrogens with zero attached hydrogens (tertiary/aromatic N) is 2. The number of fused-ring (bicyclic) bond motifs is 1. The zero-order valence-electron chi connectivity index (χ0n) is 20.4. The van der Waals surface area contributed by atoms with Gasteiger partial charge in [-0.15, -0.1) is 11.8 Å². The van der Waals surface area contributed by atoms with E-state index in [2.05, 4.69) is 4.99 Å². The van der Waals surface area contributed by atoms with Crippen LogP contribution in [0.3, 0.4) is 0 Å². The Labute approximate surface area is 212 Å². The number of rotatable bonds is 7. The predicted octanol–water partition coefficient (Wildman–Crippen LogP) is 4.31. The standard InChI is InChI=1S/C27H28N2O4S2/c1-6-32-20-11-7-18(8-12-20)15-22-25(30)29-24(19-9-13-21(34-5)14-10-19)23(26(31)33-16(2)3)17(4)28-27(29)35-22/h7-16,24H,6H2,1-5H3/b22-15-/t24-/m1/s1. The predicted molar refractivity (Wildman–Crippen MR) is 141 cm³/mol. The Morgan fingerprint density at radius 2 is 1.86 bits per heavy atom. The van der Waals surface area contributed by atoms with Crippen molar-refractivity contribution in [2.24, 2.45) is 4.99 Å². The SMILES string of the molecule is CCOc1ccc(/C=c2\sc3n(c2=O)[C@H](c2ccc(SC)cc2)C(C(=O)OC(C)C)=C(C)N=3)cc1. The van der Waals surface area contributed by atoms with Crippen LogP contribution in [0.4, 0.5) is 0 Å². The lowest BCUT2D eigenvalue weighted by Crippen LogP contribution is -2.40. The molecular formula is C27H28N2O4S2. The van der Waals surface area contributed by atoms with Crippen LogP contribution in [0.15, 0.2) is 74.5 Å². The van der Waals surface area contributed by atoms with Crippen LogP contribution in [0.5, 0.6) is 5.75 Å². The first-order valence-corrected chi connectivity index (χ1v) is 13.5. The Balaban J connectivity index is 1.87. The molecule has 35 heavy (non-hydrogen) atoms. The van der Waals surface area contributed by atoms with Gasteiger partial charge in [-0.1, -0.05) is 35.6 Å². The number of thioether (sulfide) groups is 1. The van der Waals surface area contributed by atoms with Gasteiger partial charge in [-0.3, -0.25) is 9.36 Å². The lowest BCUT2D eigenvalue weighted by atomic mass is 9.96. The zero-order valence-corrected chi connectivity index (χ0v) is 22.0. The van der Waals surface area contributed by atoms with E-state index in [0.29, 0.717) is 27.2 Å². The molecule has 0 spiro atoms. The van der Waals surface area contributed by atoms with E-state index in [-0.39, 0.29) is 11.7 Å². The summed E-state index contributed by atoms with van der Waals surface area (Å²) in [6, 6.07) is 14.9. The minimum absolute atomic E-state index is 0.191. The van der Waals surface area contributed by atoms with Crippen LogP contribution in [0.25, 0.3) is 6.08 Å². The summed E-state index contributed by atoms with van der Waals surface area (Å²) in [6.45, 7) is 7.94. The Hall–Kier alpha value is -3.10. The number of carbonyl (C=O) groups excluding carboxylic acids is 1. The van der Waals surface area contributed by atoms with Crippen molar-refractivity contribution in [1.82, 2.24) is 4.57 Å². The molecular weight excluding hydrogens is 480 g/mol. The first kappa shape index (κ1) is 25.0. The van der Waals surface area contributed by atoms with Crippen molar-refractivity contribution < 1.29 is 14.3 Å². The minimum atomic E-state index is -0.615. The second-order valence-electron chi connectivity index (χ2n) is 8.31. The van der Waals surface area contributed by atoms with Gasteiger partial charge in [0.05, 0.1) is 34.6 Å². The number of thiazole rings is 1. The number of benzene rings is 2. The van der Waals surface area contributed by atoms with Crippen molar-refractivity contribution in [3.8, 4) is 5.75 Å². The highest BCUT2D eigenvalue weighted by molar-refractivity contribution is 7.98. The Morgan fingerprint density at radius 3 is 2.46 bits per heavy atom. The van der Waals surface area contributed by atoms with Crippen molar-refractivity contribution in [3.05, 3.63) is 90.6 Å². The number of aromatic nitrogens is 1. The van der Waals surface area contributed by atoms with Crippen LogP contribution >= 0.6 is 23.1 Å². The van der Waals surface area contributed by atoms with Crippen molar-refractivity contribution in [2.45, 2.75) is 44.7 Å². The largest absolute Gasteiger partial charge is 0.494 e. The molecule has 0 fully saturated rings. The van der Waals surface area contributed by atoms with E-state index in [1.54, 1.807) is 23.3 Å². The molecule has 4 rings (SSSR count). The summed E-state index contributed by atoms with van der Waals surface area (Å²) in [5.41, 5.74) is 2.47. The number of hydrogen-bond acceptors (Lipinski definition) is 7. The van der Waals surface area contributed by atoms with Crippen LogP contribution in [-0.2, 0) is 9.53 Å². The van der Waals surface area contributed by atoms with E-state index in [0.717, 1.165) is 21.8 Å². The van der Waals surface area contributed by atoms with Gasteiger partial charge in [-0.05, 0) is 75.4 Å². The molecule has 2 heterocycles. The molecule has 8 heteroatoms. The number of hydrogen-bond donors (Lipinski definition) is 0. The molecule has 0 saturated heterocycles. The van der Waals surface area contributed by atoms with Crippen LogP contribution in [-0.4, -0.2) is 29.5 Å². The smallest absolute Gasteiger partial charge is 0.338 e. The van der Waals surface area contributed by atoms with E-state index in [1.807, 2.05) is 81.6 Å². The molecule has 3 aromatic rings. The fourth-order valence-corrected chi connectivity index (χ4v) is 5.40. The maximum absolute atomic E-state index is 13.7. The zero-order chi connectivity index (χ0) is 25.1. The number of allylic oxidation sites excluding steroid dienone is 1. The third kappa shape index (κ3) is 5.28. The molecule has 2 aromatic carbocycles. The normalized spacial score (nSPS) is 15.7. The molecule has 1 aliphatic rings. The van der Waals surface area contributed by atoms with Gasteiger partial charge >= 0.3 is 5.97 Å². The lowest BCUT2D eigenvalue weighted by Gasteiger charge is -2.25. The molecule has 0 unspecified atom stereocenters. The first-order valence-electron chi connectivity index (χ1n) is 11.4. The summed E-state index contributed by atoms with van der Waals surface area (Å²) in [5, 5.41) is 0. The molecule has 0 saturated carbocycles. The highest BCUT2D eigenvalue weighted by Gasteiger charge is 2.33. The molecule has 0 aliphatic carbocycles. The lowest BCUT2D eigenvalue weighted by molar-refractivity contribution is -0.143. The summed E-state index contributed by atoms with van der Waals surface area (Å²) in [4.78, 5) is 33.1. The van der Waals surface area contributed by atoms with Crippen LogP contribution in [0, 0.1) is 0 Å². The summed E-state index contributed by atoms with van der Waals surface area (Å²) in [5.74, 6) is 0.324. The second kappa shape index (κ2) is 10.7. The highest BCUT2D eigenvalue weighted by Crippen LogP contribution is 2.32. The third-order valence-corrected chi connectivity index (χ3v) is 7.23. The Kier molecular flexibility index (Phi) is 7.62. The molecule has 1 aromatic heterocycles. The summed E-state index contributed by atoms with van der Waals surface area (Å²) < 4.78 is 13.2. The quantitative estimate of drug-likeness (QED) is 0.351. The van der Waals surface area contributed by atoms with Crippen molar-refractivity contribution in [2.75, 3.05) is 12.9 Å². The van der Waals surface area contributed by atoms with E-state index < -0.39 is 12.0 Å². The van der Waals surface area contributed by atoms with Gasteiger partial charge < -0.3 is 9.47 Å². The van der Waals surface area contributed by atoms with E-state index in [1.165, 1.54) is 11.3 Å². The van der Waals surface area contributed by atoms with Crippen LogP contribution in [0.1, 0.15) is 44.9 Å². The van der Waals surface area contributed by atoms with Crippen molar-refractivity contribution in [3.63, 3.8) is 0 Å². The minimum Gasteiger partial charge on any atom is -0.494 e. The fourth-order valence-electron chi connectivity index (χ4n) is 3.94. The van der Waals surface area contributed by atoms with Gasteiger partial charge in [-0.25, -0.2) is 9.79 Å². The van der Waals surface area contributed by atoms with Crippen molar-refractivity contribution >= 4 is 35.1 Å². The van der Waals surface area contributed by atoms with Gasteiger partial charge in [0.2, 0.25) is 0 Å². The molecule has 0 radical (unpaired) electrons. The van der Waals surface area contributed by atoms with Gasteiger partial charge in [-0.2, -0.15) is 0 Å². The number of ether oxygens (including phenoxy) is 2. The number of esters is 1. The van der Waals surface area contributed by atoms with Gasteiger partial charge in [0, 0.05) is 4.90 Å². The van der Waals surface area contributed by atoms with Crippen LogP contribution < -0.4 is 19.6 Å². The van der Waals surface area contributed by atoms with Gasteiger partial charge in [0.15, 0.2) is 4.80 Å². The maximum atomic E-state index is 13.7. The molecule has 6 nitrogen and oxygen atoms in total. The maximum Gasteiger partial charge on any atom is 0.338 e. The van der Waals surface area contributed by atoms with E-state index in [9.17, 15) is 9.59 Å². The van der Waals surface area contributed by atoms with Crippen LogP contribution in [0.2, 0.25) is 0 Å².